The van der Waals surface area contributed by atoms with Crippen molar-refractivity contribution in [2.24, 2.45) is 21.5 Å². The Labute approximate surface area is 123 Å². The zero-order valence-corrected chi connectivity index (χ0v) is 12.9. The van der Waals surface area contributed by atoms with Crippen molar-refractivity contribution in [3.8, 4) is 0 Å². The highest BCUT2D eigenvalue weighted by molar-refractivity contribution is 7.90. The summed E-state index contributed by atoms with van der Waals surface area (Å²) < 4.78 is 35.9. The predicted molar refractivity (Wildman–Crippen MR) is 80.8 cm³/mol. The van der Waals surface area contributed by atoms with Gasteiger partial charge in [0.15, 0.2) is 9.84 Å². The molecule has 0 amide bonds. The van der Waals surface area contributed by atoms with Gasteiger partial charge in [-0.05, 0) is 26.0 Å². The maximum absolute atomic E-state index is 13.5. The average Bonchev–Trinajstić information content (AvgIpc) is 2.26. The Morgan fingerprint density at radius 3 is 2.29 bits per heavy atom. The van der Waals surface area contributed by atoms with Crippen LogP contribution in [0, 0.1) is 5.82 Å². The molecule has 0 heterocycles. The fraction of sp³-hybridized carbons (Fsp3) is 0.333. The molecule has 1 rings (SSSR count). The summed E-state index contributed by atoms with van der Waals surface area (Å²) in [6.45, 7) is 3.45. The number of halogens is 1. The molecule has 0 aliphatic carbocycles. The minimum absolute atomic E-state index is 0.137. The molecule has 21 heavy (non-hydrogen) atoms. The van der Waals surface area contributed by atoms with Gasteiger partial charge in [0.05, 0.1) is 11.5 Å². The summed E-state index contributed by atoms with van der Waals surface area (Å²) in [5.74, 6) is -0.814. The summed E-state index contributed by atoms with van der Waals surface area (Å²) in [6.07, 6.45) is 0.921. The van der Waals surface area contributed by atoms with E-state index in [9.17, 15) is 12.8 Å². The first-order valence-corrected chi connectivity index (χ1v) is 7.76. The molecule has 7 nitrogen and oxygen atoms in total. The number of benzene rings is 1. The molecule has 0 spiro atoms. The lowest BCUT2D eigenvalue weighted by Crippen LogP contribution is -2.15. The van der Waals surface area contributed by atoms with Crippen molar-refractivity contribution in [2.75, 3.05) is 12.9 Å². The lowest BCUT2D eigenvalue weighted by atomic mass is 10.3. The van der Waals surface area contributed by atoms with Crippen LogP contribution in [0.5, 0.6) is 0 Å². The van der Waals surface area contributed by atoms with Crippen LogP contribution in [0.1, 0.15) is 13.8 Å². The van der Waals surface area contributed by atoms with Gasteiger partial charge >= 0.3 is 0 Å². The topological polar surface area (TPSA) is 131 Å². The van der Waals surface area contributed by atoms with Crippen molar-refractivity contribution in [1.82, 2.24) is 0 Å². The highest BCUT2D eigenvalue weighted by Gasteiger charge is 2.13. The second kappa shape index (κ2) is 8.32. The molecule has 1 aromatic carbocycles. The molecule has 5 N–H and O–H groups in total. The highest BCUT2D eigenvalue weighted by Crippen LogP contribution is 2.20. The predicted octanol–water partition coefficient (Wildman–Crippen LogP) is 0.551. The van der Waals surface area contributed by atoms with Gasteiger partial charge in [0.25, 0.3) is 0 Å². The number of nitrogens with zero attached hydrogens (tertiary/aromatic N) is 2. The van der Waals surface area contributed by atoms with E-state index in [-0.39, 0.29) is 24.1 Å². The molecule has 0 unspecified atom stereocenters. The normalized spacial score (nSPS) is 12.6. The Morgan fingerprint density at radius 1 is 1.38 bits per heavy atom. The molecule has 1 aromatic rings. The van der Waals surface area contributed by atoms with Gasteiger partial charge in [0.2, 0.25) is 5.96 Å². The first kappa shape index (κ1) is 19.0. The van der Waals surface area contributed by atoms with Crippen molar-refractivity contribution in [1.29, 1.82) is 0 Å². The summed E-state index contributed by atoms with van der Waals surface area (Å²) in [4.78, 5) is 7.04. The van der Waals surface area contributed by atoms with Crippen LogP contribution >= 0.6 is 0 Å². The zero-order chi connectivity index (χ0) is 16.6. The Morgan fingerprint density at radius 2 is 1.90 bits per heavy atom. The first-order valence-electron chi connectivity index (χ1n) is 5.87. The Balaban J connectivity index is 0.00000122. The molecule has 0 aliphatic heterocycles. The quantitative estimate of drug-likeness (QED) is 0.541. The lowest BCUT2D eigenvalue weighted by Gasteiger charge is -2.01. The van der Waals surface area contributed by atoms with E-state index in [0.717, 1.165) is 18.4 Å². The van der Waals surface area contributed by atoms with Gasteiger partial charge in [0, 0.05) is 18.9 Å². The first-order chi connectivity index (χ1) is 9.61. The van der Waals surface area contributed by atoms with E-state index < -0.39 is 20.5 Å². The third kappa shape index (κ3) is 7.37. The van der Waals surface area contributed by atoms with Crippen molar-refractivity contribution < 1.29 is 17.9 Å². The minimum atomic E-state index is -3.60. The van der Waals surface area contributed by atoms with Crippen LogP contribution in [0.4, 0.5) is 10.1 Å². The molecule has 0 bridgehead atoms. The summed E-state index contributed by atoms with van der Waals surface area (Å²) in [5.41, 5.74) is 10.9. The number of aliphatic imine (C=N–C) groups is 2. The number of aliphatic hydroxyl groups is 1. The van der Waals surface area contributed by atoms with Gasteiger partial charge < -0.3 is 16.6 Å². The third-order valence-electron chi connectivity index (χ3n) is 1.85. The molecule has 9 heteroatoms. The highest BCUT2D eigenvalue weighted by atomic mass is 32.2. The smallest absolute Gasteiger partial charge is 0.222 e. The van der Waals surface area contributed by atoms with E-state index in [1.807, 2.05) is 0 Å². The number of nitrogens with two attached hydrogens (primary N) is 2. The van der Waals surface area contributed by atoms with Crippen LogP contribution in [0.25, 0.3) is 0 Å². The monoisotopic (exact) mass is 318 g/mol. The fourth-order valence-corrected chi connectivity index (χ4v) is 1.93. The molecule has 0 fully saturated rings. The molecule has 0 atom stereocenters. The van der Waals surface area contributed by atoms with Gasteiger partial charge in [-0.1, -0.05) is 0 Å². The number of guanidine groups is 1. The molecular formula is C12H19FN4O3S. The number of amidine groups is 1. The largest absolute Gasteiger partial charge is 0.397 e. The Bertz CT molecular complexity index is 638. The standard InChI is InChI=1S/C10H13FN4O2S.C2H6O/c1-6(12)14-10(13)15-7-3-4-9(8(11)5-7)18(2,16)17;1-2-3/h3-5H,1-2H3,(H4,12,13,14,15);3H,2H2,1H3. The Kier molecular flexibility index (Phi) is 7.53. The van der Waals surface area contributed by atoms with E-state index in [4.69, 9.17) is 16.6 Å². The van der Waals surface area contributed by atoms with E-state index in [1.165, 1.54) is 13.0 Å². The van der Waals surface area contributed by atoms with Gasteiger partial charge in [0.1, 0.15) is 10.7 Å². The number of hydrogen-bond donors (Lipinski definition) is 3. The van der Waals surface area contributed by atoms with Crippen molar-refractivity contribution in [3.05, 3.63) is 24.0 Å². The van der Waals surface area contributed by atoms with Crippen molar-refractivity contribution >= 4 is 27.3 Å². The maximum atomic E-state index is 13.5. The molecule has 118 valence electrons. The fourth-order valence-electron chi connectivity index (χ4n) is 1.20. The molecular weight excluding hydrogens is 299 g/mol. The maximum Gasteiger partial charge on any atom is 0.222 e. The van der Waals surface area contributed by atoms with Crippen molar-refractivity contribution in [3.63, 3.8) is 0 Å². The SMILES string of the molecule is C/C(N)=N\C(N)=Nc1ccc(S(C)(=O)=O)c(F)c1.CCO. The summed E-state index contributed by atoms with van der Waals surface area (Å²) >= 11 is 0. The van der Waals surface area contributed by atoms with E-state index in [0.29, 0.717) is 0 Å². The van der Waals surface area contributed by atoms with Crippen LogP contribution in [0.3, 0.4) is 0 Å². The summed E-state index contributed by atoms with van der Waals surface area (Å²) in [6, 6.07) is 3.41. The van der Waals surface area contributed by atoms with Gasteiger partial charge in [-0.2, -0.15) is 0 Å². The zero-order valence-electron chi connectivity index (χ0n) is 12.0. The van der Waals surface area contributed by atoms with Crippen LogP contribution < -0.4 is 11.5 Å². The van der Waals surface area contributed by atoms with E-state index >= 15 is 0 Å². The number of hydrogen-bond acceptors (Lipinski definition) is 4. The van der Waals surface area contributed by atoms with Gasteiger partial charge in [-0.15, -0.1) is 0 Å². The second-order valence-electron chi connectivity index (χ2n) is 3.93. The number of rotatable bonds is 2. The molecule has 0 saturated heterocycles. The third-order valence-corrected chi connectivity index (χ3v) is 2.98. The molecule has 0 saturated carbocycles. The van der Waals surface area contributed by atoms with Crippen LogP contribution in [-0.2, 0) is 9.84 Å². The molecule has 0 aliphatic rings. The second-order valence-corrected chi connectivity index (χ2v) is 5.91. The summed E-state index contributed by atoms with van der Waals surface area (Å²) in [5, 5.41) is 7.57. The van der Waals surface area contributed by atoms with Crippen molar-refractivity contribution in [2.45, 2.75) is 18.7 Å². The van der Waals surface area contributed by atoms with Crippen LogP contribution in [-0.4, -0.2) is 38.2 Å². The van der Waals surface area contributed by atoms with E-state index in [2.05, 4.69) is 9.98 Å². The lowest BCUT2D eigenvalue weighted by molar-refractivity contribution is 0.318. The molecule has 0 aromatic heterocycles. The Hall–Kier alpha value is -2.00. The summed E-state index contributed by atoms with van der Waals surface area (Å²) in [7, 11) is -3.60. The van der Waals surface area contributed by atoms with Gasteiger partial charge in [-0.25, -0.2) is 22.8 Å². The van der Waals surface area contributed by atoms with Crippen LogP contribution in [0.15, 0.2) is 33.1 Å². The average molecular weight is 318 g/mol. The van der Waals surface area contributed by atoms with E-state index in [1.54, 1.807) is 6.92 Å². The minimum Gasteiger partial charge on any atom is -0.397 e. The molecule has 0 radical (unpaired) electrons. The van der Waals surface area contributed by atoms with Crippen LogP contribution in [0.2, 0.25) is 0 Å². The number of sulfone groups is 1. The van der Waals surface area contributed by atoms with Gasteiger partial charge in [-0.3, -0.25) is 0 Å². The number of aliphatic hydroxyl groups excluding tert-OH is 1.